The minimum Gasteiger partial charge on any atom is -0.362 e. The summed E-state index contributed by atoms with van der Waals surface area (Å²) in [6.07, 6.45) is 11.6. The predicted octanol–water partition coefficient (Wildman–Crippen LogP) is 4.73. The van der Waals surface area contributed by atoms with E-state index in [0.29, 0.717) is 5.11 Å². The second-order valence-corrected chi connectivity index (χ2v) is 6.91. The van der Waals surface area contributed by atoms with Gasteiger partial charge in [0.1, 0.15) is 0 Å². The van der Waals surface area contributed by atoms with Gasteiger partial charge in [-0.15, -0.1) is 0 Å². The van der Waals surface area contributed by atoms with Crippen molar-refractivity contribution in [3.05, 3.63) is 65.8 Å². The summed E-state index contributed by atoms with van der Waals surface area (Å²) in [7, 11) is 0. The van der Waals surface area contributed by atoms with Crippen LogP contribution in [0.4, 0.5) is 0 Å². The van der Waals surface area contributed by atoms with Gasteiger partial charge in [0.2, 0.25) is 5.91 Å². The van der Waals surface area contributed by atoms with Crippen molar-refractivity contribution in [3.63, 3.8) is 0 Å². The predicted molar refractivity (Wildman–Crippen MR) is 113 cm³/mol. The summed E-state index contributed by atoms with van der Waals surface area (Å²) in [5, 5.41) is 8.49. The Morgan fingerprint density at radius 2 is 1.96 bits per heavy atom. The van der Waals surface area contributed by atoms with Crippen LogP contribution in [0.2, 0.25) is 0 Å². The van der Waals surface area contributed by atoms with E-state index in [4.69, 9.17) is 12.2 Å². The molecule has 0 aliphatic heterocycles. The molecule has 0 unspecified atom stereocenters. The van der Waals surface area contributed by atoms with Crippen molar-refractivity contribution in [1.82, 2.24) is 10.6 Å². The molecule has 0 fully saturated rings. The normalized spacial score (nSPS) is 14.2. The zero-order valence-corrected chi connectivity index (χ0v) is 15.6. The van der Waals surface area contributed by atoms with E-state index >= 15 is 0 Å². The molecule has 1 amide bonds. The summed E-state index contributed by atoms with van der Waals surface area (Å²) < 4.78 is 0. The summed E-state index contributed by atoms with van der Waals surface area (Å²) in [6, 6.07) is 14.2. The standard InChI is InChI=1S/C22H24N2OS/c25-21(24-22(26)23-16-15-17-7-2-1-3-8-17)14-13-19-11-6-10-18-9-4-5-12-20(18)19/h4-7,9-14H,1-3,8,15-16H2,(H2,23,24,25,26)/b14-13+. The number of rotatable bonds is 5. The van der Waals surface area contributed by atoms with E-state index in [9.17, 15) is 4.79 Å². The van der Waals surface area contributed by atoms with Gasteiger partial charge >= 0.3 is 0 Å². The van der Waals surface area contributed by atoms with Crippen molar-refractivity contribution >= 4 is 40.1 Å². The molecule has 2 N–H and O–H groups in total. The van der Waals surface area contributed by atoms with E-state index in [0.717, 1.165) is 29.3 Å². The zero-order valence-electron chi connectivity index (χ0n) is 14.8. The molecule has 0 spiro atoms. The van der Waals surface area contributed by atoms with Crippen LogP contribution in [0.1, 0.15) is 37.7 Å². The zero-order chi connectivity index (χ0) is 18.2. The molecule has 1 aliphatic carbocycles. The number of amides is 1. The van der Waals surface area contributed by atoms with Crippen molar-refractivity contribution in [3.8, 4) is 0 Å². The topological polar surface area (TPSA) is 41.1 Å². The number of carbonyl (C=O) groups excluding carboxylic acids is 1. The summed E-state index contributed by atoms with van der Waals surface area (Å²) >= 11 is 5.21. The van der Waals surface area contributed by atoms with E-state index in [-0.39, 0.29) is 5.91 Å². The van der Waals surface area contributed by atoms with Crippen LogP contribution in [0.5, 0.6) is 0 Å². The van der Waals surface area contributed by atoms with Gasteiger partial charge in [0.25, 0.3) is 0 Å². The number of benzene rings is 2. The van der Waals surface area contributed by atoms with Gasteiger partial charge in [-0.05, 0) is 66.7 Å². The minimum absolute atomic E-state index is 0.215. The van der Waals surface area contributed by atoms with Crippen LogP contribution in [0.25, 0.3) is 16.8 Å². The van der Waals surface area contributed by atoms with E-state index in [1.165, 1.54) is 37.3 Å². The largest absolute Gasteiger partial charge is 0.362 e. The quantitative estimate of drug-likeness (QED) is 0.458. The van der Waals surface area contributed by atoms with E-state index < -0.39 is 0 Å². The molecule has 26 heavy (non-hydrogen) atoms. The molecule has 0 saturated carbocycles. The first-order valence-corrected chi connectivity index (χ1v) is 9.56. The number of hydrogen-bond acceptors (Lipinski definition) is 2. The highest BCUT2D eigenvalue weighted by molar-refractivity contribution is 7.80. The maximum absolute atomic E-state index is 12.1. The lowest BCUT2D eigenvalue weighted by atomic mass is 9.97. The average Bonchev–Trinajstić information content (AvgIpc) is 2.67. The molecule has 0 radical (unpaired) electrons. The highest BCUT2D eigenvalue weighted by Crippen LogP contribution is 2.20. The van der Waals surface area contributed by atoms with Gasteiger partial charge in [0.15, 0.2) is 5.11 Å². The molecule has 0 aromatic heterocycles. The molecule has 134 valence electrons. The van der Waals surface area contributed by atoms with E-state index in [2.05, 4.69) is 34.9 Å². The lowest BCUT2D eigenvalue weighted by Gasteiger charge is -2.13. The number of fused-ring (bicyclic) bond motifs is 1. The fraction of sp³-hybridized carbons (Fsp3) is 0.273. The smallest absolute Gasteiger partial charge is 0.250 e. The Hall–Kier alpha value is -2.46. The summed E-state index contributed by atoms with van der Waals surface area (Å²) in [5.41, 5.74) is 2.51. The molecule has 0 bridgehead atoms. The van der Waals surface area contributed by atoms with Crippen LogP contribution in [-0.2, 0) is 4.79 Å². The second-order valence-electron chi connectivity index (χ2n) is 6.51. The average molecular weight is 365 g/mol. The minimum atomic E-state index is -0.215. The molecule has 3 nitrogen and oxygen atoms in total. The Kier molecular flexibility index (Phi) is 6.56. The Bertz CT molecular complexity index is 849. The Labute approximate surface area is 160 Å². The maximum Gasteiger partial charge on any atom is 0.250 e. The number of carbonyl (C=O) groups is 1. The molecule has 0 atom stereocenters. The highest BCUT2D eigenvalue weighted by atomic mass is 32.1. The monoisotopic (exact) mass is 364 g/mol. The first-order valence-electron chi connectivity index (χ1n) is 9.15. The highest BCUT2D eigenvalue weighted by Gasteiger charge is 2.05. The molecule has 3 rings (SSSR count). The van der Waals surface area contributed by atoms with E-state index in [1.54, 1.807) is 0 Å². The second kappa shape index (κ2) is 9.30. The lowest BCUT2D eigenvalue weighted by Crippen LogP contribution is -2.38. The van der Waals surface area contributed by atoms with Crippen molar-refractivity contribution in [2.75, 3.05) is 6.54 Å². The van der Waals surface area contributed by atoms with Crippen LogP contribution in [0.3, 0.4) is 0 Å². The first kappa shape index (κ1) is 18.3. The SMILES string of the molecule is O=C(/C=C/c1cccc2ccccc12)NC(=S)NCCC1=CCCCC1. The van der Waals surface area contributed by atoms with Gasteiger partial charge in [-0.1, -0.05) is 54.1 Å². The maximum atomic E-state index is 12.1. The fourth-order valence-corrected chi connectivity index (χ4v) is 3.43. The van der Waals surface area contributed by atoms with Crippen molar-refractivity contribution < 1.29 is 4.79 Å². The first-order chi connectivity index (χ1) is 12.7. The Morgan fingerprint density at radius 1 is 1.12 bits per heavy atom. The van der Waals surface area contributed by atoms with Crippen molar-refractivity contribution in [2.24, 2.45) is 0 Å². The molecule has 2 aromatic carbocycles. The van der Waals surface area contributed by atoms with Gasteiger partial charge < -0.3 is 5.32 Å². The summed E-state index contributed by atoms with van der Waals surface area (Å²) in [5.74, 6) is -0.215. The van der Waals surface area contributed by atoms with Crippen LogP contribution < -0.4 is 10.6 Å². The van der Waals surface area contributed by atoms with Crippen LogP contribution in [-0.4, -0.2) is 17.6 Å². The number of thiocarbonyl (C=S) groups is 1. The number of allylic oxidation sites excluding steroid dienone is 1. The van der Waals surface area contributed by atoms with Gasteiger partial charge in [0, 0.05) is 12.6 Å². The van der Waals surface area contributed by atoms with Crippen LogP contribution in [0.15, 0.2) is 60.2 Å². The molecular formula is C22H24N2OS. The van der Waals surface area contributed by atoms with Gasteiger partial charge in [-0.2, -0.15) is 0 Å². The van der Waals surface area contributed by atoms with Gasteiger partial charge in [-0.3, -0.25) is 10.1 Å². The molecular weight excluding hydrogens is 340 g/mol. The third kappa shape index (κ3) is 5.27. The van der Waals surface area contributed by atoms with Crippen molar-refractivity contribution in [2.45, 2.75) is 32.1 Å². The van der Waals surface area contributed by atoms with Crippen molar-refractivity contribution in [1.29, 1.82) is 0 Å². The van der Waals surface area contributed by atoms with Gasteiger partial charge in [-0.25, -0.2) is 0 Å². The lowest BCUT2D eigenvalue weighted by molar-refractivity contribution is -0.115. The Morgan fingerprint density at radius 3 is 2.81 bits per heavy atom. The molecule has 2 aromatic rings. The Balaban J connectivity index is 1.49. The molecule has 4 heteroatoms. The van der Waals surface area contributed by atoms with E-state index in [1.807, 2.05) is 30.3 Å². The number of nitrogens with one attached hydrogen (secondary N) is 2. The number of hydrogen-bond donors (Lipinski definition) is 2. The summed E-state index contributed by atoms with van der Waals surface area (Å²) in [6.45, 7) is 0.762. The molecule has 1 aliphatic rings. The summed E-state index contributed by atoms with van der Waals surface area (Å²) in [4.78, 5) is 12.1. The third-order valence-corrected chi connectivity index (χ3v) is 4.84. The third-order valence-electron chi connectivity index (χ3n) is 4.59. The fourth-order valence-electron chi connectivity index (χ4n) is 3.23. The molecule has 0 saturated heterocycles. The van der Waals surface area contributed by atoms with Crippen LogP contribution >= 0.6 is 12.2 Å². The van der Waals surface area contributed by atoms with Crippen LogP contribution in [0, 0.1) is 0 Å². The molecule has 0 heterocycles. The van der Waals surface area contributed by atoms with Gasteiger partial charge in [0.05, 0.1) is 0 Å².